The Labute approximate surface area is 133 Å². The minimum Gasteiger partial charge on any atom is -0.493 e. The van der Waals surface area contributed by atoms with Gasteiger partial charge in [0.1, 0.15) is 10.7 Å². The molecular weight excluding hydrogens is 280 g/mol. The first-order valence-electron chi connectivity index (χ1n) is 7.83. The molecule has 0 aromatic heterocycles. The quantitative estimate of drug-likeness (QED) is 0.791. The SMILES string of the molecule is CC(C)COc1ccc(C(=S)NC(C)C2CCCN2)cc1. The summed E-state index contributed by atoms with van der Waals surface area (Å²) in [6, 6.07) is 8.92. The highest BCUT2D eigenvalue weighted by Crippen LogP contribution is 2.15. The van der Waals surface area contributed by atoms with Crippen LogP contribution in [-0.4, -0.2) is 30.2 Å². The second kappa shape index (κ2) is 7.76. The van der Waals surface area contributed by atoms with Gasteiger partial charge < -0.3 is 15.4 Å². The molecule has 0 spiro atoms. The molecule has 2 N–H and O–H groups in total. The summed E-state index contributed by atoms with van der Waals surface area (Å²) in [4.78, 5) is 0.812. The van der Waals surface area contributed by atoms with Gasteiger partial charge in [0.05, 0.1) is 6.61 Å². The van der Waals surface area contributed by atoms with E-state index in [-0.39, 0.29) is 0 Å². The largest absolute Gasteiger partial charge is 0.493 e. The third kappa shape index (κ3) is 4.97. The van der Waals surface area contributed by atoms with Crippen LogP contribution in [0.15, 0.2) is 24.3 Å². The molecule has 1 fully saturated rings. The van der Waals surface area contributed by atoms with E-state index in [0.29, 0.717) is 18.0 Å². The van der Waals surface area contributed by atoms with Crippen molar-refractivity contribution < 1.29 is 4.74 Å². The van der Waals surface area contributed by atoms with E-state index in [4.69, 9.17) is 17.0 Å². The molecule has 1 aliphatic rings. The Morgan fingerprint density at radius 3 is 2.62 bits per heavy atom. The first-order chi connectivity index (χ1) is 10.1. The van der Waals surface area contributed by atoms with E-state index in [1.165, 1.54) is 12.8 Å². The van der Waals surface area contributed by atoms with Crippen LogP contribution in [0, 0.1) is 5.92 Å². The molecule has 2 atom stereocenters. The number of thiocarbonyl (C=S) groups is 1. The van der Waals surface area contributed by atoms with Crippen LogP contribution in [0.1, 0.15) is 39.2 Å². The Kier molecular flexibility index (Phi) is 6.00. The first kappa shape index (κ1) is 16.2. The minimum atomic E-state index is 0.358. The lowest BCUT2D eigenvalue weighted by atomic mass is 10.1. The summed E-state index contributed by atoms with van der Waals surface area (Å²) in [6.45, 7) is 8.34. The summed E-state index contributed by atoms with van der Waals surface area (Å²) in [6.07, 6.45) is 2.48. The lowest BCUT2D eigenvalue weighted by Gasteiger charge is -2.22. The molecule has 3 nitrogen and oxygen atoms in total. The van der Waals surface area contributed by atoms with Crippen LogP contribution in [0.5, 0.6) is 5.75 Å². The van der Waals surface area contributed by atoms with Crippen LogP contribution in [-0.2, 0) is 0 Å². The van der Waals surface area contributed by atoms with E-state index < -0.39 is 0 Å². The van der Waals surface area contributed by atoms with E-state index in [1.807, 2.05) is 24.3 Å². The van der Waals surface area contributed by atoms with Gasteiger partial charge in [-0.1, -0.05) is 26.1 Å². The highest BCUT2D eigenvalue weighted by molar-refractivity contribution is 7.80. The molecule has 1 aliphatic heterocycles. The van der Waals surface area contributed by atoms with Gasteiger partial charge in [-0.15, -0.1) is 0 Å². The molecule has 0 radical (unpaired) electrons. The Hall–Kier alpha value is -1.13. The predicted octanol–water partition coefficient (Wildman–Crippen LogP) is 3.13. The van der Waals surface area contributed by atoms with E-state index in [2.05, 4.69) is 31.4 Å². The predicted molar refractivity (Wildman–Crippen MR) is 92.1 cm³/mol. The minimum absolute atomic E-state index is 0.358. The van der Waals surface area contributed by atoms with Gasteiger partial charge in [-0.05, 0) is 56.5 Å². The van der Waals surface area contributed by atoms with E-state index in [0.717, 1.165) is 29.5 Å². The molecule has 2 unspecified atom stereocenters. The van der Waals surface area contributed by atoms with Crippen molar-refractivity contribution in [1.82, 2.24) is 10.6 Å². The van der Waals surface area contributed by atoms with E-state index in [1.54, 1.807) is 0 Å². The number of benzene rings is 1. The van der Waals surface area contributed by atoms with Crippen molar-refractivity contribution in [3.63, 3.8) is 0 Å². The molecule has 2 rings (SSSR count). The second-order valence-corrected chi connectivity index (χ2v) is 6.60. The number of ether oxygens (including phenoxy) is 1. The van der Waals surface area contributed by atoms with Crippen LogP contribution in [0.3, 0.4) is 0 Å². The Morgan fingerprint density at radius 2 is 2.05 bits per heavy atom. The van der Waals surface area contributed by atoms with Gasteiger partial charge in [0.15, 0.2) is 0 Å². The maximum Gasteiger partial charge on any atom is 0.119 e. The summed E-state index contributed by atoms with van der Waals surface area (Å²) in [5.74, 6) is 1.44. The van der Waals surface area contributed by atoms with Gasteiger partial charge in [0.25, 0.3) is 0 Å². The molecule has 0 amide bonds. The maximum atomic E-state index is 5.69. The normalized spacial score (nSPS) is 19.5. The zero-order valence-corrected chi connectivity index (χ0v) is 14.0. The lowest BCUT2D eigenvalue weighted by molar-refractivity contribution is 0.271. The zero-order valence-electron chi connectivity index (χ0n) is 13.2. The summed E-state index contributed by atoms with van der Waals surface area (Å²) < 4.78 is 5.69. The Bertz CT molecular complexity index is 452. The van der Waals surface area contributed by atoms with Gasteiger partial charge in [-0.2, -0.15) is 0 Å². The summed E-state index contributed by atoms with van der Waals surface area (Å²) in [5, 5.41) is 6.94. The molecule has 0 aliphatic carbocycles. The maximum absolute atomic E-state index is 5.69. The molecule has 1 aromatic rings. The summed E-state index contributed by atoms with van der Waals surface area (Å²) >= 11 is 5.50. The van der Waals surface area contributed by atoms with Gasteiger partial charge in [-0.3, -0.25) is 0 Å². The van der Waals surface area contributed by atoms with Crippen LogP contribution in [0.25, 0.3) is 0 Å². The van der Waals surface area contributed by atoms with Crippen LogP contribution in [0.2, 0.25) is 0 Å². The molecule has 1 saturated heterocycles. The number of hydrogen-bond donors (Lipinski definition) is 2. The van der Waals surface area contributed by atoms with Crippen molar-refractivity contribution in [1.29, 1.82) is 0 Å². The standard InChI is InChI=1S/C17H26N2OS/c1-12(2)11-20-15-8-6-14(7-9-15)17(21)19-13(3)16-5-4-10-18-16/h6-9,12-13,16,18H,4-5,10-11H2,1-3H3,(H,19,21). The molecule has 21 heavy (non-hydrogen) atoms. The highest BCUT2D eigenvalue weighted by atomic mass is 32.1. The van der Waals surface area contributed by atoms with Gasteiger partial charge in [0.2, 0.25) is 0 Å². The van der Waals surface area contributed by atoms with Gasteiger partial charge >= 0.3 is 0 Å². The smallest absolute Gasteiger partial charge is 0.119 e. The van der Waals surface area contributed by atoms with E-state index >= 15 is 0 Å². The second-order valence-electron chi connectivity index (χ2n) is 6.19. The summed E-state index contributed by atoms with van der Waals surface area (Å²) in [5.41, 5.74) is 1.05. The third-order valence-corrected chi connectivity index (χ3v) is 4.11. The van der Waals surface area contributed by atoms with Gasteiger partial charge in [0, 0.05) is 17.6 Å². The molecule has 0 bridgehead atoms. The fraction of sp³-hybridized carbons (Fsp3) is 0.588. The molecule has 4 heteroatoms. The van der Waals surface area contributed by atoms with Crippen LogP contribution in [0.4, 0.5) is 0 Å². The fourth-order valence-corrected chi connectivity index (χ4v) is 2.82. The third-order valence-electron chi connectivity index (χ3n) is 3.76. The molecule has 1 aromatic carbocycles. The van der Waals surface area contributed by atoms with Crippen molar-refractivity contribution >= 4 is 17.2 Å². The molecule has 1 heterocycles. The topological polar surface area (TPSA) is 33.3 Å². The lowest BCUT2D eigenvalue weighted by Crippen LogP contribution is -2.45. The van der Waals surface area contributed by atoms with Crippen molar-refractivity contribution in [2.45, 2.75) is 45.7 Å². The first-order valence-corrected chi connectivity index (χ1v) is 8.24. The monoisotopic (exact) mass is 306 g/mol. The number of nitrogens with one attached hydrogen (secondary N) is 2. The van der Waals surface area contributed by atoms with Crippen molar-refractivity contribution in [2.24, 2.45) is 5.92 Å². The fourth-order valence-electron chi connectivity index (χ4n) is 2.49. The van der Waals surface area contributed by atoms with Crippen molar-refractivity contribution in [3.8, 4) is 5.75 Å². The number of rotatable bonds is 6. The van der Waals surface area contributed by atoms with Crippen molar-refractivity contribution in [2.75, 3.05) is 13.2 Å². The average Bonchev–Trinajstić information content (AvgIpc) is 3.00. The van der Waals surface area contributed by atoms with Crippen LogP contribution >= 0.6 is 12.2 Å². The average molecular weight is 306 g/mol. The van der Waals surface area contributed by atoms with Gasteiger partial charge in [-0.25, -0.2) is 0 Å². The Morgan fingerprint density at radius 1 is 1.33 bits per heavy atom. The van der Waals surface area contributed by atoms with Crippen LogP contribution < -0.4 is 15.4 Å². The zero-order chi connectivity index (χ0) is 15.2. The highest BCUT2D eigenvalue weighted by Gasteiger charge is 2.21. The number of hydrogen-bond acceptors (Lipinski definition) is 3. The molecular formula is C17H26N2OS. The Balaban J connectivity index is 1.87. The van der Waals surface area contributed by atoms with Crippen molar-refractivity contribution in [3.05, 3.63) is 29.8 Å². The summed E-state index contributed by atoms with van der Waals surface area (Å²) in [7, 11) is 0. The van der Waals surface area contributed by atoms with E-state index in [9.17, 15) is 0 Å². The molecule has 116 valence electrons. The molecule has 0 saturated carbocycles.